The zero-order valence-corrected chi connectivity index (χ0v) is 14.4. The van der Waals surface area contributed by atoms with Crippen molar-refractivity contribution in [2.45, 2.75) is 24.9 Å². The number of amides is 3. The van der Waals surface area contributed by atoms with Crippen LogP contribution < -0.4 is 5.32 Å². The summed E-state index contributed by atoms with van der Waals surface area (Å²) in [5, 5.41) is 3.50. The van der Waals surface area contributed by atoms with Crippen LogP contribution in [-0.4, -0.2) is 54.2 Å². The molecule has 1 aromatic rings. The maximum atomic E-state index is 12.7. The van der Waals surface area contributed by atoms with E-state index in [1.165, 1.54) is 0 Å². The third-order valence-corrected chi connectivity index (χ3v) is 5.04. The van der Waals surface area contributed by atoms with E-state index in [2.05, 4.69) is 5.32 Å². The van der Waals surface area contributed by atoms with Crippen LogP contribution in [0, 0.1) is 5.92 Å². The summed E-state index contributed by atoms with van der Waals surface area (Å²) in [5.41, 5.74) is 0.843. The smallest absolute Gasteiger partial charge is 0.226 e. The van der Waals surface area contributed by atoms with Crippen molar-refractivity contribution in [2.75, 3.05) is 20.6 Å². The van der Waals surface area contributed by atoms with Crippen molar-refractivity contribution in [3.05, 3.63) is 34.9 Å². The quantitative estimate of drug-likeness (QED) is 0.891. The van der Waals surface area contributed by atoms with E-state index >= 15 is 0 Å². The monoisotopic (exact) mass is 349 g/mol. The Labute approximate surface area is 145 Å². The SMILES string of the molecule is CN1C[C@H](NC(=O)[C@H]2CC(=O)N(C)[C@@H]2c2cccc(Cl)c2)CC1=O. The molecule has 3 amide bonds. The van der Waals surface area contributed by atoms with Crippen LogP contribution in [-0.2, 0) is 14.4 Å². The van der Waals surface area contributed by atoms with Crippen molar-refractivity contribution in [3.63, 3.8) is 0 Å². The summed E-state index contributed by atoms with van der Waals surface area (Å²) in [6, 6.07) is 6.69. The molecule has 2 aliphatic heterocycles. The molecule has 2 heterocycles. The third kappa shape index (κ3) is 3.11. The van der Waals surface area contributed by atoms with E-state index in [1.54, 1.807) is 36.0 Å². The maximum absolute atomic E-state index is 12.7. The molecular formula is C17H20ClN3O3. The van der Waals surface area contributed by atoms with E-state index in [-0.39, 0.29) is 36.2 Å². The van der Waals surface area contributed by atoms with Crippen LogP contribution >= 0.6 is 11.6 Å². The van der Waals surface area contributed by atoms with Gasteiger partial charge in [0.2, 0.25) is 17.7 Å². The highest BCUT2D eigenvalue weighted by Gasteiger charge is 2.43. The van der Waals surface area contributed by atoms with Crippen molar-refractivity contribution < 1.29 is 14.4 Å². The first-order chi connectivity index (χ1) is 11.4. The number of hydrogen-bond acceptors (Lipinski definition) is 3. The molecule has 128 valence electrons. The average Bonchev–Trinajstić information content (AvgIpc) is 2.99. The van der Waals surface area contributed by atoms with Gasteiger partial charge in [0, 0.05) is 38.5 Å². The third-order valence-electron chi connectivity index (χ3n) is 4.80. The molecule has 0 spiro atoms. The Kier molecular flexibility index (Phi) is 4.49. The number of benzene rings is 1. The van der Waals surface area contributed by atoms with Crippen molar-refractivity contribution >= 4 is 29.3 Å². The summed E-state index contributed by atoms with van der Waals surface area (Å²) in [5.74, 6) is -0.723. The van der Waals surface area contributed by atoms with Gasteiger partial charge in [-0.1, -0.05) is 23.7 Å². The first-order valence-corrected chi connectivity index (χ1v) is 8.30. The van der Waals surface area contributed by atoms with E-state index in [9.17, 15) is 14.4 Å². The van der Waals surface area contributed by atoms with Gasteiger partial charge in [-0.25, -0.2) is 0 Å². The fraction of sp³-hybridized carbons (Fsp3) is 0.471. The second-order valence-corrected chi connectivity index (χ2v) is 6.94. The highest BCUT2D eigenvalue weighted by Crippen LogP contribution is 2.38. The molecule has 0 unspecified atom stereocenters. The average molecular weight is 350 g/mol. The number of nitrogens with one attached hydrogen (secondary N) is 1. The number of hydrogen-bond donors (Lipinski definition) is 1. The fourth-order valence-corrected chi connectivity index (χ4v) is 3.72. The molecule has 24 heavy (non-hydrogen) atoms. The number of halogens is 1. The van der Waals surface area contributed by atoms with Gasteiger partial charge >= 0.3 is 0 Å². The highest BCUT2D eigenvalue weighted by molar-refractivity contribution is 6.30. The minimum absolute atomic E-state index is 0.0197. The minimum Gasteiger partial charge on any atom is -0.351 e. The van der Waals surface area contributed by atoms with E-state index in [0.717, 1.165) is 5.56 Å². The highest BCUT2D eigenvalue weighted by atomic mass is 35.5. The Morgan fingerprint density at radius 3 is 2.58 bits per heavy atom. The normalized spacial score (nSPS) is 27.0. The van der Waals surface area contributed by atoms with Crippen molar-refractivity contribution in [2.24, 2.45) is 5.92 Å². The van der Waals surface area contributed by atoms with Crippen LogP contribution in [0.5, 0.6) is 0 Å². The Hall–Kier alpha value is -2.08. The molecule has 6 nitrogen and oxygen atoms in total. The first kappa shape index (κ1) is 16.8. The zero-order chi connectivity index (χ0) is 17.4. The van der Waals surface area contributed by atoms with Gasteiger partial charge in [0.05, 0.1) is 18.0 Å². The molecule has 1 N–H and O–H groups in total. The fourth-order valence-electron chi connectivity index (χ4n) is 3.52. The second-order valence-electron chi connectivity index (χ2n) is 6.50. The molecule has 0 aliphatic carbocycles. The van der Waals surface area contributed by atoms with Crippen LogP contribution in [0.2, 0.25) is 5.02 Å². The number of nitrogens with zero attached hydrogens (tertiary/aromatic N) is 2. The summed E-state index contributed by atoms with van der Waals surface area (Å²) in [6.07, 6.45) is 0.469. The predicted molar refractivity (Wildman–Crippen MR) is 89.3 cm³/mol. The maximum Gasteiger partial charge on any atom is 0.226 e. The van der Waals surface area contributed by atoms with Crippen LogP contribution in [0.1, 0.15) is 24.4 Å². The lowest BCUT2D eigenvalue weighted by molar-refractivity contribution is -0.128. The number of carbonyl (C=O) groups is 3. The number of rotatable bonds is 3. The number of likely N-dealkylation sites (tertiary alicyclic amines) is 2. The van der Waals surface area contributed by atoms with Gasteiger partial charge in [0.1, 0.15) is 0 Å². The number of carbonyl (C=O) groups excluding carboxylic acids is 3. The van der Waals surface area contributed by atoms with Gasteiger partial charge in [-0.3, -0.25) is 14.4 Å². The van der Waals surface area contributed by atoms with Crippen LogP contribution in [0.3, 0.4) is 0 Å². The molecule has 0 saturated carbocycles. The zero-order valence-electron chi connectivity index (χ0n) is 13.7. The van der Waals surface area contributed by atoms with Gasteiger partial charge in [-0.2, -0.15) is 0 Å². The molecule has 0 radical (unpaired) electrons. The molecular weight excluding hydrogens is 330 g/mol. The molecule has 2 saturated heterocycles. The molecule has 1 aromatic carbocycles. The summed E-state index contributed by atoms with van der Waals surface area (Å²) < 4.78 is 0. The van der Waals surface area contributed by atoms with Gasteiger partial charge in [0.15, 0.2) is 0 Å². The van der Waals surface area contributed by atoms with Gasteiger partial charge in [0.25, 0.3) is 0 Å². The lowest BCUT2D eigenvalue weighted by Gasteiger charge is -2.26. The van der Waals surface area contributed by atoms with Crippen molar-refractivity contribution in [3.8, 4) is 0 Å². The van der Waals surface area contributed by atoms with Crippen molar-refractivity contribution in [1.82, 2.24) is 15.1 Å². The van der Waals surface area contributed by atoms with E-state index in [0.29, 0.717) is 18.0 Å². The van der Waals surface area contributed by atoms with E-state index in [1.807, 2.05) is 12.1 Å². The molecule has 2 fully saturated rings. The summed E-state index contributed by atoms with van der Waals surface area (Å²) >= 11 is 6.06. The Balaban J connectivity index is 1.78. The topological polar surface area (TPSA) is 69.7 Å². The summed E-state index contributed by atoms with van der Waals surface area (Å²) in [7, 11) is 3.42. The molecule has 0 bridgehead atoms. The lowest BCUT2D eigenvalue weighted by Crippen LogP contribution is -2.41. The van der Waals surface area contributed by atoms with Gasteiger partial charge in [-0.05, 0) is 17.7 Å². The lowest BCUT2D eigenvalue weighted by atomic mass is 9.92. The Bertz CT molecular complexity index is 693. The molecule has 0 aromatic heterocycles. The summed E-state index contributed by atoms with van der Waals surface area (Å²) in [4.78, 5) is 39.7. The van der Waals surface area contributed by atoms with Gasteiger partial charge in [-0.15, -0.1) is 0 Å². The molecule has 7 heteroatoms. The van der Waals surface area contributed by atoms with E-state index in [4.69, 9.17) is 11.6 Å². The van der Waals surface area contributed by atoms with E-state index < -0.39 is 5.92 Å². The van der Waals surface area contributed by atoms with Crippen molar-refractivity contribution in [1.29, 1.82) is 0 Å². The van der Waals surface area contributed by atoms with Crippen LogP contribution in [0.4, 0.5) is 0 Å². The van der Waals surface area contributed by atoms with Crippen LogP contribution in [0.15, 0.2) is 24.3 Å². The largest absolute Gasteiger partial charge is 0.351 e. The Morgan fingerprint density at radius 2 is 1.96 bits per heavy atom. The van der Waals surface area contributed by atoms with Crippen LogP contribution in [0.25, 0.3) is 0 Å². The summed E-state index contributed by atoms with van der Waals surface area (Å²) in [6.45, 7) is 0.503. The molecule has 2 aliphatic rings. The minimum atomic E-state index is -0.484. The Morgan fingerprint density at radius 1 is 1.21 bits per heavy atom. The first-order valence-electron chi connectivity index (χ1n) is 7.92. The molecule has 3 atom stereocenters. The second kappa shape index (κ2) is 6.43. The predicted octanol–water partition coefficient (Wildman–Crippen LogP) is 1.21. The molecule has 3 rings (SSSR count). The van der Waals surface area contributed by atoms with Gasteiger partial charge < -0.3 is 15.1 Å². The standard InChI is InChI=1S/C17H20ClN3O3/c1-20-9-12(7-14(20)22)19-17(24)13-8-15(23)21(2)16(13)10-4-3-5-11(18)6-10/h3-6,12-13,16H,7-9H2,1-2H3,(H,19,24)/t12-,13+,16-/m1/s1. The number of likely N-dealkylation sites (N-methyl/N-ethyl adjacent to an activating group) is 1.